The van der Waals surface area contributed by atoms with Crippen LogP contribution in [0.3, 0.4) is 0 Å². The van der Waals surface area contributed by atoms with Crippen LogP contribution in [-0.2, 0) is 14.4 Å². The molecule has 0 heterocycles. The number of nitrogens with one attached hydrogen (secondary N) is 2. The summed E-state index contributed by atoms with van der Waals surface area (Å²) in [4.78, 5) is 38.4. The van der Waals surface area contributed by atoms with Crippen molar-refractivity contribution < 1.29 is 19.1 Å². The number of hydrogen-bond acceptors (Lipinski definition) is 4. The predicted molar refractivity (Wildman–Crippen MR) is 121 cm³/mol. The van der Waals surface area contributed by atoms with E-state index in [0.717, 1.165) is 5.56 Å². The number of benzene rings is 2. The highest BCUT2D eigenvalue weighted by Crippen LogP contribution is 2.15. The highest BCUT2D eigenvalue weighted by molar-refractivity contribution is 6.30. The van der Waals surface area contributed by atoms with Crippen molar-refractivity contribution >= 4 is 35.0 Å². The quantitative estimate of drug-likeness (QED) is 0.587. The van der Waals surface area contributed by atoms with Crippen LogP contribution in [-0.4, -0.2) is 48.9 Å². The lowest BCUT2D eigenvalue weighted by Gasteiger charge is -2.24. The molecular formula is C23H28ClN3O4. The van der Waals surface area contributed by atoms with Crippen LogP contribution in [0.1, 0.15) is 19.4 Å². The SMILES string of the molecule is Cc1cccc(NC(=O)CNC(=O)CN(CC(C)C)C(=O)COc2ccc(Cl)cc2)c1. The average Bonchev–Trinajstić information content (AvgIpc) is 2.71. The van der Waals surface area contributed by atoms with Crippen LogP contribution in [0.15, 0.2) is 48.5 Å². The summed E-state index contributed by atoms with van der Waals surface area (Å²) in [6, 6.07) is 14.0. The normalized spacial score (nSPS) is 10.5. The Morgan fingerprint density at radius 2 is 1.77 bits per heavy atom. The molecule has 0 unspecified atom stereocenters. The first-order valence-electron chi connectivity index (χ1n) is 10.0. The van der Waals surface area contributed by atoms with E-state index in [9.17, 15) is 14.4 Å². The van der Waals surface area contributed by atoms with Crippen LogP contribution in [0.4, 0.5) is 5.69 Å². The van der Waals surface area contributed by atoms with E-state index in [4.69, 9.17) is 16.3 Å². The van der Waals surface area contributed by atoms with Crippen molar-refractivity contribution in [3.05, 3.63) is 59.1 Å². The van der Waals surface area contributed by atoms with Crippen LogP contribution < -0.4 is 15.4 Å². The maximum absolute atomic E-state index is 12.6. The molecule has 0 saturated carbocycles. The van der Waals surface area contributed by atoms with E-state index in [0.29, 0.717) is 23.0 Å². The van der Waals surface area contributed by atoms with E-state index in [-0.39, 0.29) is 37.4 Å². The molecule has 2 aromatic carbocycles. The minimum absolute atomic E-state index is 0.154. The molecule has 0 saturated heterocycles. The Bertz CT molecular complexity index is 900. The van der Waals surface area contributed by atoms with Crippen LogP contribution >= 0.6 is 11.6 Å². The maximum Gasteiger partial charge on any atom is 0.260 e. The first-order valence-corrected chi connectivity index (χ1v) is 10.4. The van der Waals surface area contributed by atoms with Gasteiger partial charge in [0.2, 0.25) is 11.8 Å². The summed E-state index contributed by atoms with van der Waals surface area (Å²) in [6.45, 7) is 5.69. The first kappa shape index (κ1) is 24.2. The van der Waals surface area contributed by atoms with Gasteiger partial charge in [-0.3, -0.25) is 14.4 Å². The molecule has 166 valence electrons. The number of halogens is 1. The van der Waals surface area contributed by atoms with Gasteiger partial charge >= 0.3 is 0 Å². The minimum Gasteiger partial charge on any atom is -0.484 e. The van der Waals surface area contributed by atoms with Gasteiger partial charge in [-0.15, -0.1) is 0 Å². The zero-order chi connectivity index (χ0) is 22.8. The fourth-order valence-electron chi connectivity index (χ4n) is 2.80. The van der Waals surface area contributed by atoms with E-state index < -0.39 is 5.91 Å². The molecule has 0 aliphatic rings. The van der Waals surface area contributed by atoms with Crippen molar-refractivity contribution in [2.75, 3.05) is 31.6 Å². The molecule has 0 atom stereocenters. The number of amides is 3. The number of ether oxygens (including phenoxy) is 1. The summed E-state index contributed by atoms with van der Waals surface area (Å²) < 4.78 is 5.50. The molecule has 0 bridgehead atoms. The van der Waals surface area contributed by atoms with Gasteiger partial charge in [0.1, 0.15) is 5.75 Å². The number of anilines is 1. The fraction of sp³-hybridized carbons (Fsp3) is 0.348. The number of rotatable bonds is 10. The van der Waals surface area contributed by atoms with Gasteiger partial charge in [-0.05, 0) is 54.8 Å². The van der Waals surface area contributed by atoms with Gasteiger partial charge < -0.3 is 20.3 Å². The van der Waals surface area contributed by atoms with Crippen molar-refractivity contribution in [1.82, 2.24) is 10.2 Å². The van der Waals surface area contributed by atoms with Crippen molar-refractivity contribution in [3.8, 4) is 5.75 Å². The highest BCUT2D eigenvalue weighted by atomic mass is 35.5. The van der Waals surface area contributed by atoms with Crippen LogP contribution in [0.2, 0.25) is 5.02 Å². The molecule has 2 N–H and O–H groups in total. The molecule has 0 aliphatic carbocycles. The summed E-state index contributed by atoms with van der Waals surface area (Å²) in [5.74, 6) is -0.397. The second-order valence-corrected chi connectivity index (χ2v) is 8.04. The zero-order valence-electron chi connectivity index (χ0n) is 18.0. The van der Waals surface area contributed by atoms with Crippen molar-refractivity contribution in [1.29, 1.82) is 0 Å². The van der Waals surface area contributed by atoms with E-state index >= 15 is 0 Å². The predicted octanol–water partition coefficient (Wildman–Crippen LogP) is 3.27. The molecule has 3 amide bonds. The monoisotopic (exact) mass is 445 g/mol. The molecule has 0 radical (unpaired) electrons. The van der Waals surface area contributed by atoms with Gasteiger partial charge in [0.05, 0.1) is 13.1 Å². The summed E-state index contributed by atoms with van der Waals surface area (Å²) in [5.41, 5.74) is 1.68. The molecule has 0 aromatic heterocycles. The molecule has 8 heteroatoms. The molecule has 2 rings (SSSR count). The Morgan fingerprint density at radius 3 is 2.42 bits per heavy atom. The second-order valence-electron chi connectivity index (χ2n) is 7.61. The summed E-state index contributed by atoms with van der Waals surface area (Å²) in [7, 11) is 0. The third-order valence-corrected chi connectivity index (χ3v) is 4.45. The molecule has 2 aromatic rings. The van der Waals surface area contributed by atoms with E-state index in [1.807, 2.05) is 39.0 Å². The van der Waals surface area contributed by atoms with Crippen molar-refractivity contribution in [2.45, 2.75) is 20.8 Å². The summed E-state index contributed by atoms with van der Waals surface area (Å²) in [6.07, 6.45) is 0. The van der Waals surface area contributed by atoms with Gasteiger partial charge in [0.25, 0.3) is 5.91 Å². The van der Waals surface area contributed by atoms with Crippen molar-refractivity contribution in [2.24, 2.45) is 5.92 Å². The topological polar surface area (TPSA) is 87.7 Å². The molecule has 7 nitrogen and oxygen atoms in total. The minimum atomic E-state index is -0.417. The molecule has 0 fully saturated rings. The Labute approximate surface area is 187 Å². The lowest BCUT2D eigenvalue weighted by molar-refractivity contribution is -0.138. The number of hydrogen-bond donors (Lipinski definition) is 2. The number of carbonyl (C=O) groups is 3. The summed E-state index contributed by atoms with van der Waals surface area (Å²) in [5, 5.41) is 5.85. The van der Waals surface area contributed by atoms with Crippen LogP contribution in [0.25, 0.3) is 0 Å². The van der Waals surface area contributed by atoms with E-state index in [1.54, 1.807) is 30.3 Å². The second kappa shape index (κ2) is 12.0. The molecule has 0 aliphatic heterocycles. The standard InChI is InChI=1S/C23H28ClN3O4/c1-16(2)13-27(23(30)15-31-20-9-7-18(24)8-10-20)14-22(29)25-12-21(28)26-19-6-4-5-17(3)11-19/h4-11,16H,12-15H2,1-3H3,(H,25,29)(H,26,28). The van der Waals surface area contributed by atoms with Gasteiger partial charge in [-0.2, -0.15) is 0 Å². The van der Waals surface area contributed by atoms with Gasteiger partial charge in [0.15, 0.2) is 6.61 Å². The fourth-order valence-corrected chi connectivity index (χ4v) is 2.92. The van der Waals surface area contributed by atoms with E-state index in [1.165, 1.54) is 4.90 Å². The van der Waals surface area contributed by atoms with Crippen LogP contribution in [0.5, 0.6) is 5.75 Å². The number of carbonyl (C=O) groups excluding carboxylic acids is 3. The average molecular weight is 446 g/mol. The van der Waals surface area contributed by atoms with Gasteiger partial charge in [-0.25, -0.2) is 0 Å². The van der Waals surface area contributed by atoms with Crippen LogP contribution in [0, 0.1) is 12.8 Å². The Kier molecular flexibility index (Phi) is 9.34. The van der Waals surface area contributed by atoms with E-state index in [2.05, 4.69) is 10.6 Å². The van der Waals surface area contributed by atoms with Gasteiger partial charge in [-0.1, -0.05) is 37.6 Å². The lowest BCUT2D eigenvalue weighted by atomic mass is 10.2. The van der Waals surface area contributed by atoms with Gasteiger partial charge in [0, 0.05) is 17.3 Å². The number of nitrogens with zero attached hydrogens (tertiary/aromatic N) is 1. The first-order chi connectivity index (χ1) is 14.7. The third-order valence-electron chi connectivity index (χ3n) is 4.20. The Hall–Kier alpha value is -3.06. The zero-order valence-corrected chi connectivity index (χ0v) is 18.7. The van der Waals surface area contributed by atoms with Crippen molar-refractivity contribution in [3.63, 3.8) is 0 Å². The molecular weight excluding hydrogens is 418 g/mol. The molecule has 0 spiro atoms. The summed E-state index contributed by atoms with van der Waals surface area (Å²) >= 11 is 5.84. The Morgan fingerprint density at radius 1 is 1.06 bits per heavy atom. The molecule has 31 heavy (non-hydrogen) atoms. The lowest BCUT2D eigenvalue weighted by Crippen LogP contribution is -2.45. The largest absolute Gasteiger partial charge is 0.484 e. The number of aryl methyl sites for hydroxylation is 1. The Balaban J connectivity index is 1.84. The maximum atomic E-state index is 12.6. The highest BCUT2D eigenvalue weighted by Gasteiger charge is 2.19. The smallest absolute Gasteiger partial charge is 0.260 e. The third kappa shape index (κ3) is 9.09.